The molecule has 0 radical (unpaired) electrons. The maximum Gasteiger partial charge on any atom is 0.409 e. The van der Waals surface area contributed by atoms with Crippen LogP contribution in [0.4, 0.5) is 15.3 Å². The molecule has 2 aliphatic heterocycles. The van der Waals surface area contributed by atoms with Gasteiger partial charge in [0.05, 0.1) is 11.9 Å². The fourth-order valence-electron chi connectivity index (χ4n) is 2.15. The van der Waals surface area contributed by atoms with E-state index in [4.69, 9.17) is 9.84 Å². The number of ether oxygens (including phenoxy) is 1. The predicted molar refractivity (Wildman–Crippen MR) is 70.7 cm³/mol. The van der Waals surface area contributed by atoms with E-state index in [2.05, 4.69) is 10.6 Å². The zero-order valence-corrected chi connectivity index (χ0v) is 10.7. The number of fused-ring (bicyclic) bond motifs is 2. The zero-order chi connectivity index (χ0) is 14.3. The fourth-order valence-corrected chi connectivity index (χ4v) is 3.12. The summed E-state index contributed by atoms with van der Waals surface area (Å²) in [4.78, 5) is 34.3. The van der Waals surface area contributed by atoms with Gasteiger partial charge in [-0.2, -0.15) is 0 Å². The first kappa shape index (κ1) is 12.5. The van der Waals surface area contributed by atoms with Gasteiger partial charge in [0.25, 0.3) is 11.1 Å². The van der Waals surface area contributed by atoms with Gasteiger partial charge in [0.15, 0.2) is 10.5 Å². The van der Waals surface area contributed by atoms with Gasteiger partial charge in [-0.15, -0.1) is 0 Å². The number of carboxylic acid groups (broad SMARTS) is 1. The Hall–Kier alpha value is -2.48. The Morgan fingerprint density at radius 3 is 2.85 bits per heavy atom. The number of para-hydroxylation sites is 1. The Morgan fingerprint density at radius 1 is 1.40 bits per heavy atom. The summed E-state index contributed by atoms with van der Waals surface area (Å²) in [6.07, 6.45) is 1.51. The van der Waals surface area contributed by atoms with Crippen LogP contribution in [0.3, 0.4) is 0 Å². The molecule has 0 aliphatic carbocycles. The van der Waals surface area contributed by atoms with E-state index < -0.39 is 22.0 Å². The Morgan fingerprint density at radius 2 is 2.20 bits per heavy atom. The van der Waals surface area contributed by atoms with Crippen LogP contribution in [0.15, 0.2) is 30.5 Å². The zero-order valence-electron chi connectivity index (χ0n) is 9.88. The molecule has 8 heteroatoms. The summed E-state index contributed by atoms with van der Waals surface area (Å²) >= 11 is 0.826. The Balaban J connectivity index is 2.15. The number of hydrogen-bond donors (Lipinski definition) is 3. The molecule has 1 aromatic carbocycles. The van der Waals surface area contributed by atoms with Crippen LogP contribution in [-0.2, 0) is 9.54 Å². The average Bonchev–Trinajstić information content (AvgIpc) is 2.65. The number of amides is 3. The minimum atomic E-state index is -1.25. The summed E-state index contributed by atoms with van der Waals surface area (Å²) in [7, 11) is 0. The molecule has 3 rings (SSSR count). The van der Waals surface area contributed by atoms with Crippen molar-refractivity contribution < 1.29 is 24.2 Å². The largest absolute Gasteiger partial charge is 0.465 e. The van der Waals surface area contributed by atoms with E-state index >= 15 is 0 Å². The van der Waals surface area contributed by atoms with Gasteiger partial charge < -0.3 is 9.84 Å². The number of carbonyl (C=O) groups excluding carboxylic acids is 2. The Kier molecular flexibility index (Phi) is 2.68. The molecule has 2 heterocycles. The van der Waals surface area contributed by atoms with Gasteiger partial charge in [-0.3, -0.25) is 20.2 Å². The summed E-state index contributed by atoms with van der Waals surface area (Å²) < 4.78 is 4.11. The van der Waals surface area contributed by atoms with Crippen molar-refractivity contribution in [1.82, 2.24) is 5.32 Å². The van der Waals surface area contributed by atoms with Gasteiger partial charge in [-0.05, 0) is 23.9 Å². The highest BCUT2D eigenvalue weighted by atomic mass is 32.2. The van der Waals surface area contributed by atoms with Crippen LogP contribution in [0.2, 0.25) is 0 Å². The van der Waals surface area contributed by atoms with Crippen molar-refractivity contribution in [3.8, 4) is 5.75 Å². The van der Waals surface area contributed by atoms with E-state index in [9.17, 15) is 14.4 Å². The lowest BCUT2D eigenvalue weighted by Crippen LogP contribution is -2.34. The molecule has 20 heavy (non-hydrogen) atoms. The van der Waals surface area contributed by atoms with E-state index in [0.717, 1.165) is 11.8 Å². The highest BCUT2D eigenvalue weighted by Gasteiger charge is 2.50. The van der Waals surface area contributed by atoms with Gasteiger partial charge >= 0.3 is 6.09 Å². The first-order valence-corrected chi connectivity index (χ1v) is 6.37. The second kappa shape index (κ2) is 4.27. The molecular weight excluding hydrogens is 284 g/mol. The van der Waals surface area contributed by atoms with E-state index in [1.165, 1.54) is 18.4 Å². The Labute approximate surface area is 117 Å². The minimum Gasteiger partial charge on any atom is -0.465 e. The molecule has 0 saturated carbocycles. The first-order valence-electron chi connectivity index (χ1n) is 5.55. The molecule has 1 saturated heterocycles. The SMILES string of the molecule is O=C(O)Nc1cccc2c1OC=CC21SC(=O)NC1=O. The van der Waals surface area contributed by atoms with Gasteiger partial charge in [0, 0.05) is 5.56 Å². The number of hydrogen-bond acceptors (Lipinski definition) is 5. The molecule has 1 spiro atoms. The van der Waals surface area contributed by atoms with Crippen LogP contribution < -0.4 is 15.4 Å². The molecular formula is C12H8N2O5S. The molecule has 1 aromatic rings. The second-order valence-corrected chi connectivity index (χ2v) is 5.33. The molecule has 102 valence electrons. The lowest BCUT2D eigenvalue weighted by molar-refractivity contribution is -0.120. The number of anilines is 1. The number of benzene rings is 1. The number of nitrogens with one attached hydrogen (secondary N) is 2. The molecule has 3 amide bonds. The van der Waals surface area contributed by atoms with Crippen molar-refractivity contribution in [2.24, 2.45) is 0 Å². The molecule has 0 aromatic heterocycles. The monoisotopic (exact) mass is 292 g/mol. The number of imide groups is 1. The van der Waals surface area contributed by atoms with Crippen molar-refractivity contribution in [3.63, 3.8) is 0 Å². The summed E-state index contributed by atoms with van der Waals surface area (Å²) in [5.74, 6) is -0.254. The van der Waals surface area contributed by atoms with Crippen LogP contribution in [0, 0.1) is 0 Å². The number of carbonyl (C=O) groups is 3. The molecule has 0 bridgehead atoms. The summed E-state index contributed by atoms with van der Waals surface area (Å²) in [5, 5.41) is 12.8. The van der Waals surface area contributed by atoms with Crippen LogP contribution in [0.25, 0.3) is 0 Å². The highest BCUT2D eigenvalue weighted by Crippen LogP contribution is 2.50. The van der Waals surface area contributed by atoms with Crippen LogP contribution in [0.5, 0.6) is 5.75 Å². The predicted octanol–water partition coefficient (Wildman–Crippen LogP) is 1.86. The molecule has 1 fully saturated rings. The average molecular weight is 292 g/mol. The summed E-state index contributed by atoms with van der Waals surface area (Å²) in [5.41, 5.74) is 0.645. The lowest BCUT2D eigenvalue weighted by atomic mass is 9.94. The van der Waals surface area contributed by atoms with Gasteiger partial charge in [-0.1, -0.05) is 12.1 Å². The van der Waals surface area contributed by atoms with E-state index in [-0.39, 0.29) is 11.4 Å². The maximum atomic E-state index is 12.1. The smallest absolute Gasteiger partial charge is 0.409 e. The van der Waals surface area contributed by atoms with Crippen molar-refractivity contribution >= 4 is 34.7 Å². The quantitative estimate of drug-likeness (QED) is 0.729. The first-order chi connectivity index (χ1) is 9.53. The van der Waals surface area contributed by atoms with Crippen LogP contribution in [-0.4, -0.2) is 22.3 Å². The normalized spacial score (nSPS) is 23.2. The van der Waals surface area contributed by atoms with Gasteiger partial charge in [0.2, 0.25) is 0 Å². The van der Waals surface area contributed by atoms with Crippen LogP contribution >= 0.6 is 11.8 Å². The van der Waals surface area contributed by atoms with Crippen molar-refractivity contribution in [1.29, 1.82) is 0 Å². The molecule has 2 aliphatic rings. The summed E-state index contributed by atoms with van der Waals surface area (Å²) in [6, 6.07) is 4.72. The summed E-state index contributed by atoms with van der Waals surface area (Å²) in [6.45, 7) is 0. The van der Waals surface area contributed by atoms with Gasteiger partial charge in [0.1, 0.15) is 0 Å². The standard InChI is InChI=1S/C12H8N2O5S/c15-9-12(20-11(18)14-9)4-5-19-8-6(12)2-1-3-7(8)13-10(16)17/h1-5,13H,(H,16,17)(H,14,15,18). The molecule has 7 nitrogen and oxygen atoms in total. The lowest BCUT2D eigenvalue weighted by Gasteiger charge is -2.27. The van der Waals surface area contributed by atoms with E-state index in [0.29, 0.717) is 5.56 Å². The molecule has 1 unspecified atom stereocenters. The number of rotatable bonds is 1. The van der Waals surface area contributed by atoms with E-state index in [1.54, 1.807) is 12.1 Å². The maximum absolute atomic E-state index is 12.1. The topological polar surface area (TPSA) is 105 Å². The minimum absolute atomic E-state index is 0.214. The second-order valence-electron chi connectivity index (χ2n) is 4.11. The van der Waals surface area contributed by atoms with Crippen molar-refractivity contribution in [2.75, 3.05) is 5.32 Å². The van der Waals surface area contributed by atoms with Crippen molar-refractivity contribution in [2.45, 2.75) is 4.75 Å². The molecule has 1 atom stereocenters. The number of thioether (sulfide) groups is 1. The third kappa shape index (κ3) is 1.73. The Bertz CT molecular complexity index is 672. The third-order valence-electron chi connectivity index (χ3n) is 2.95. The van der Waals surface area contributed by atoms with Crippen LogP contribution in [0.1, 0.15) is 5.56 Å². The van der Waals surface area contributed by atoms with Gasteiger partial charge in [-0.25, -0.2) is 4.79 Å². The highest BCUT2D eigenvalue weighted by molar-refractivity contribution is 8.15. The third-order valence-corrected chi connectivity index (χ3v) is 4.10. The van der Waals surface area contributed by atoms with Crippen molar-refractivity contribution in [3.05, 3.63) is 36.1 Å². The molecule has 3 N–H and O–H groups in total. The fraction of sp³-hybridized carbons (Fsp3) is 0.0833. The van der Waals surface area contributed by atoms with E-state index in [1.807, 2.05) is 0 Å².